The van der Waals surface area contributed by atoms with Gasteiger partial charge in [0.2, 0.25) is 0 Å². The Kier molecular flexibility index (Phi) is 6.77. The molecule has 0 radical (unpaired) electrons. The lowest BCUT2D eigenvalue weighted by Gasteiger charge is -2.06. The minimum atomic E-state index is -0.956. The fraction of sp³-hybridized carbons (Fsp3) is 0.200. The van der Waals surface area contributed by atoms with Gasteiger partial charge in [-0.05, 0) is 30.5 Å². The van der Waals surface area contributed by atoms with Crippen LogP contribution in [0.5, 0.6) is 0 Å². The van der Waals surface area contributed by atoms with E-state index in [1.165, 1.54) is 0 Å². The van der Waals surface area contributed by atoms with E-state index in [2.05, 4.69) is 5.32 Å². The molecule has 5 nitrogen and oxygen atoms in total. The van der Waals surface area contributed by atoms with Crippen molar-refractivity contribution in [3.8, 4) is 0 Å². The molecule has 0 saturated carbocycles. The van der Waals surface area contributed by atoms with Crippen molar-refractivity contribution in [2.24, 2.45) is 0 Å². The van der Waals surface area contributed by atoms with Gasteiger partial charge in [0.25, 0.3) is 0 Å². The smallest absolute Gasteiger partial charge is 0.407 e. The minimum Gasteiger partial charge on any atom is -0.478 e. The van der Waals surface area contributed by atoms with Gasteiger partial charge in [-0.2, -0.15) is 0 Å². The Bertz CT molecular complexity index is 754. The highest BCUT2D eigenvalue weighted by Crippen LogP contribution is 2.14. The van der Waals surface area contributed by atoms with Gasteiger partial charge in [0.15, 0.2) is 0 Å². The number of carbonyl (C=O) groups excluding carboxylic acids is 1. The first-order valence-electron chi connectivity index (χ1n) is 8.01. The lowest BCUT2D eigenvalue weighted by atomic mass is 10.0. The molecule has 2 N–H and O–H groups in total. The van der Waals surface area contributed by atoms with Crippen LogP contribution in [0.3, 0.4) is 0 Å². The summed E-state index contributed by atoms with van der Waals surface area (Å²) in [7, 11) is 0. The van der Waals surface area contributed by atoms with Gasteiger partial charge in [-0.1, -0.05) is 60.2 Å². The van der Waals surface area contributed by atoms with Gasteiger partial charge >= 0.3 is 12.1 Å². The average molecular weight is 339 g/mol. The van der Waals surface area contributed by atoms with Crippen LogP contribution >= 0.6 is 0 Å². The molecule has 0 bridgehead atoms. The Hall–Kier alpha value is -3.08. The van der Waals surface area contributed by atoms with E-state index in [0.717, 1.165) is 11.1 Å². The van der Waals surface area contributed by atoms with Crippen LogP contribution in [0.2, 0.25) is 0 Å². The SMILES string of the molecule is Cc1ccc(C(=O)O)c(C=CCCNC(=O)OCc2ccccc2)c1. The molecule has 5 heteroatoms. The number of rotatable bonds is 7. The maximum Gasteiger partial charge on any atom is 0.407 e. The van der Waals surface area contributed by atoms with Crippen LogP contribution in [0, 0.1) is 6.92 Å². The van der Waals surface area contributed by atoms with Crippen molar-refractivity contribution in [2.75, 3.05) is 6.54 Å². The van der Waals surface area contributed by atoms with E-state index < -0.39 is 12.1 Å². The van der Waals surface area contributed by atoms with Crippen LogP contribution in [-0.4, -0.2) is 23.7 Å². The first-order valence-corrected chi connectivity index (χ1v) is 8.01. The number of hydrogen-bond acceptors (Lipinski definition) is 3. The molecule has 0 aliphatic carbocycles. The Morgan fingerprint density at radius 3 is 2.64 bits per heavy atom. The number of aromatic carboxylic acids is 1. The van der Waals surface area contributed by atoms with Gasteiger partial charge in [-0.25, -0.2) is 9.59 Å². The molecular formula is C20H21NO4. The third-order valence-corrected chi connectivity index (χ3v) is 3.53. The van der Waals surface area contributed by atoms with Crippen LogP contribution < -0.4 is 5.32 Å². The Morgan fingerprint density at radius 2 is 1.92 bits per heavy atom. The molecule has 0 aliphatic heterocycles. The summed E-state index contributed by atoms with van der Waals surface area (Å²) in [6.45, 7) is 2.55. The lowest BCUT2D eigenvalue weighted by Crippen LogP contribution is -2.24. The van der Waals surface area contributed by atoms with E-state index in [-0.39, 0.29) is 12.2 Å². The van der Waals surface area contributed by atoms with E-state index >= 15 is 0 Å². The summed E-state index contributed by atoms with van der Waals surface area (Å²) in [5, 5.41) is 11.8. The van der Waals surface area contributed by atoms with Crippen LogP contribution in [-0.2, 0) is 11.3 Å². The summed E-state index contributed by atoms with van der Waals surface area (Å²) in [5.74, 6) is -0.956. The number of ether oxygens (including phenoxy) is 1. The van der Waals surface area contributed by atoms with E-state index in [9.17, 15) is 14.7 Å². The molecule has 0 atom stereocenters. The van der Waals surface area contributed by atoms with Crippen molar-refractivity contribution in [2.45, 2.75) is 20.0 Å². The topological polar surface area (TPSA) is 75.6 Å². The van der Waals surface area contributed by atoms with Crippen molar-refractivity contribution >= 4 is 18.1 Å². The number of carboxylic acids is 1. The van der Waals surface area contributed by atoms with E-state index in [1.54, 1.807) is 18.2 Å². The number of aryl methyl sites for hydroxylation is 1. The molecule has 130 valence electrons. The van der Waals surface area contributed by atoms with E-state index in [4.69, 9.17) is 4.74 Å². The number of nitrogens with one attached hydrogen (secondary N) is 1. The van der Waals surface area contributed by atoms with E-state index in [1.807, 2.05) is 49.4 Å². The van der Waals surface area contributed by atoms with Crippen molar-refractivity contribution in [1.29, 1.82) is 0 Å². The third-order valence-electron chi connectivity index (χ3n) is 3.53. The van der Waals surface area contributed by atoms with Crippen molar-refractivity contribution in [1.82, 2.24) is 5.32 Å². The first-order chi connectivity index (χ1) is 12.1. The zero-order chi connectivity index (χ0) is 18.1. The molecular weight excluding hydrogens is 318 g/mol. The standard InChI is InChI=1S/C20H21NO4/c1-15-10-11-18(19(22)23)17(13-15)9-5-6-12-21-20(24)25-14-16-7-3-2-4-8-16/h2-5,7-11,13H,6,12,14H2,1H3,(H,21,24)(H,22,23). The maximum atomic E-state index is 11.6. The summed E-state index contributed by atoms with van der Waals surface area (Å²) < 4.78 is 5.11. The summed E-state index contributed by atoms with van der Waals surface area (Å²) in [5.41, 5.74) is 2.83. The fourth-order valence-corrected chi connectivity index (χ4v) is 2.26. The normalized spacial score (nSPS) is 10.6. The molecule has 25 heavy (non-hydrogen) atoms. The minimum absolute atomic E-state index is 0.230. The average Bonchev–Trinajstić information content (AvgIpc) is 2.60. The fourth-order valence-electron chi connectivity index (χ4n) is 2.26. The maximum absolute atomic E-state index is 11.6. The number of amides is 1. The third kappa shape index (κ3) is 6.14. The van der Waals surface area contributed by atoms with Gasteiger partial charge in [-0.15, -0.1) is 0 Å². The van der Waals surface area contributed by atoms with Gasteiger partial charge in [0.1, 0.15) is 6.61 Å². The Morgan fingerprint density at radius 1 is 1.16 bits per heavy atom. The number of hydrogen-bond donors (Lipinski definition) is 2. The molecule has 2 rings (SSSR count). The molecule has 0 saturated heterocycles. The lowest BCUT2D eigenvalue weighted by molar-refractivity contribution is 0.0696. The second-order valence-corrected chi connectivity index (χ2v) is 5.58. The second-order valence-electron chi connectivity index (χ2n) is 5.58. The second kappa shape index (κ2) is 9.27. The molecule has 2 aromatic carbocycles. The molecule has 0 aromatic heterocycles. The number of carboxylic acid groups (broad SMARTS) is 1. The first kappa shape index (κ1) is 18.3. The molecule has 0 heterocycles. The van der Waals surface area contributed by atoms with Gasteiger partial charge < -0.3 is 15.2 Å². The molecule has 0 fully saturated rings. The predicted molar refractivity (Wildman–Crippen MR) is 96.4 cm³/mol. The summed E-state index contributed by atoms with van der Waals surface area (Å²) in [6.07, 6.45) is 3.69. The molecule has 1 amide bonds. The van der Waals surface area contributed by atoms with E-state index in [0.29, 0.717) is 18.5 Å². The highest BCUT2D eigenvalue weighted by Gasteiger charge is 2.07. The van der Waals surface area contributed by atoms with Gasteiger partial charge in [-0.3, -0.25) is 0 Å². The van der Waals surface area contributed by atoms with Gasteiger partial charge in [0.05, 0.1) is 5.56 Å². The number of benzene rings is 2. The zero-order valence-corrected chi connectivity index (χ0v) is 14.1. The van der Waals surface area contributed by atoms with Crippen LogP contribution in [0.4, 0.5) is 4.79 Å². The monoisotopic (exact) mass is 339 g/mol. The quantitative estimate of drug-likeness (QED) is 0.747. The summed E-state index contributed by atoms with van der Waals surface area (Å²) in [6, 6.07) is 14.6. The predicted octanol–water partition coefficient (Wildman–Crippen LogP) is 4.02. The molecule has 0 spiro atoms. The van der Waals surface area contributed by atoms with Crippen LogP contribution in [0.1, 0.15) is 33.5 Å². The van der Waals surface area contributed by atoms with Crippen LogP contribution in [0.25, 0.3) is 6.08 Å². The summed E-state index contributed by atoms with van der Waals surface area (Å²) in [4.78, 5) is 22.8. The zero-order valence-electron chi connectivity index (χ0n) is 14.1. The Balaban J connectivity index is 1.75. The molecule has 2 aromatic rings. The highest BCUT2D eigenvalue weighted by atomic mass is 16.5. The largest absolute Gasteiger partial charge is 0.478 e. The molecule has 0 aliphatic rings. The Labute approximate surface area is 146 Å². The van der Waals surface area contributed by atoms with Crippen LogP contribution in [0.15, 0.2) is 54.6 Å². The number of carbonyl (C=O) groups is 2. The van der Waals surface area contributed by atoms with Crippen molar-refractivity contribution in [3.63, 3.8) is 0 Å². The van der Waals surface area contributed by atoms with Gasteiger partial charge in [0, 0.05) is 6.54 Å². The highest BCUT2D eigenvalue weighted by molar-refractivity contribution is 5.92. The summed E-state index contributed by atoms with van der Waals surface area (Å²) >= 11 is 0. The number of alkyl carbamates (subject to hydrolysis) is 1. The van der Waals surface area contributed by atoms with Crippen molar-refractivity contribution < 1.29 is 19.4 Å². The molecule has 0 unspecified atom stereocenters. The van der Waals surface area contributed by atoms with Crippen molar-refractivity contribution in [3.05, 3.63) is 76.9 Å².